The minimum atomic E-state index is -4.26. The Labute approximate surface area is 104 Å². The second-order valence-electron chi connectivity index (χ2n) is 3.15. The summed E-state index contributed by atoms with van der Waals surface area (Å²) in [6.45, 7) is 0. The van der Waals surface area contributed by atoms with Crippen LogP contribution in [0.15, 0.2) is 29.3 Å². The largest absolute Gasteiger partial charge is 0.266 e. The van der Waals surface area contributed by atoms with Crippen molar-refractivity contribution in [1.82, 2.24) is 4.98 Å². The van der Waals surface area contributed by atoms with Crippen LogP contribution in [0.25, 0.3) is 0 Å². The van der Waals surface area contributed by atoms with Gasteiger partial charge in [-0.25, -0.2) is 22.2 Å². The van der Waals surface area contributed by atoms with Crippen LogP contribution in [0.2, 0.25) is 0 Å². The zero-order valence-corrected chi connectivity index (χ0v) is 10.2. The molecular formula is C9H5F3N2O2S2. The first-order valence-electron chi connectivity index (χ1n) is 4.48. The van der Waals surface area contributed by atoms with Crippen LogP contribution in [0.5, 0.6) is 0 Å². The van der Waals surface area contributed by atoms with Crippen LogP contribution in [-0.2, 0) is 10.0 Å². The van der Waals surface area contributed by atoms with Crippen molar-refractivity contribution in [1.29, 1.82) is 0 Å². The van der Waals surface area contributed by atoms with Crippen molar-refractivity contribution in [3.63, 3.8) is 0 Å². The van der Waals surface area contributed by atoms with Crippen LogP contribution in [0.4, 0.5) is 18.3 Å². The molecule has 0 aliphatic carbocycles. The Balaban J connectivity index is 2.36. The predicted octanol–water partition coefficient (Wildman–Crippen LogP) is 2.36. The summed E-state index contributed by atoms with van der Waals surface area (Å²) in [5.74, 6) is -2.13. The molecule has 0 saturated heterocycles. The van der Waals surface area contributed by atoms with E-state index in [9.17, 15) is 21.6 Å². The Hall–Kier alpha value is -1.61. The van der Waals surface area contributed by atoms with Crippen LogP contribution in [0, 0.1) is 16.8 Å². The molecule has 96 valence electrons. The summed E-state index contributed by atoms with van der Waals surface area (Å²) in [6.07, 6.45) is 0.823. The molecule has 1 heterocycles. The summed E-state index contributed by atoms with van der Waals surface area (Å²) in [4.78, 5) is 2.69. The summed E-state index contributed by atoms with van der Waals surface area (Å²) < 4.78 is 63.9. The van der Waals surface area contributed by atoms with Crippen LogP contribution < -0.4 is 4.72 Å². The summed E-state index contributed by atoms with van der Waals surface area (Å²) in [7, 11) is -4.26. The maximum atomic E-state index is 13.3. The Kier molecular flexibility index (Phi) is 3.26. The molecule has 2 rings (SSSR count). The molecule has 0 radical (unpaired) electrons. The number of anilines is 1. The maximum Gasteiger partial charge on any atom is 0.266 e. The van der Waals surface area contributed by atoms with E-state index in [2.05, 4.69) is 4.98 Å². The second-order valence-corrected chi connectivity index (χ2v) is 5.78. The maximum absolute atomic E-state index is 13.3. The number of sulfonamides is 1. The standard InChI is InChI=1S/C9H5F3N2O2S2/c10-5-1-2-7(6(11)3-5)18(15,16)14-9-13-4-8(12)17-9/h1-4H,(H,13,14). The third-order valence-corrected chi connectivity index (χ3v) is 4.09. The molecule has 0 bridgehead atoms. The molecule has 9 heteroatoms. The van der Waals surface area contributed by atoms with Crippen molar-refractivity contribution < 1.29 is 21.6 Å². The fourth-order valence-electron chi connectivity index (χ4n) is 1.16. The van der Waals surface area contributed by atoms with E-state index in [1.54, 1.807) is 0 Å². The van der Waals surface area contributed by atoms with Gasteiger partial charge in [0, 0.05) is 6.07 Å². The van der Waals surface area contributed by atoms with Gasteiger partial charge in [0.1, 0.15) is 16.5 Å². The zero-order valence-electron chi connectivity index (χ0n) is 8.52. The Morgan fingerprint density at radius 2 is 1.94 bits per heavy atom. The summed E-state index contributed by atoms with van der Waals surface area (Å²) in [5, 5.41) is -0.927. The van der Waals surface area contributed by atoms with Gasteiger partial charge in [-0.05, 0) is 12.1 Å². The number of nitrogens with zero attached hydrogens (tertiary/aromatic N) is 1. The van der Waals surface area contributed by atoms with E-state index in [1.807, 2.05) is 4.72 Å². The highest BCUT2D eigenvalue weighted by Gasteiger charge is 2.21. The van der Waals surface area contributed by atoms with Crippen molar-refractivity contribution in [3.05, 3.63) is 41.2 Å². The van der Waals surface area contributed by atoms with Crippen molar-refractivity contribution in [2.75, 3.05) is 4.72 Å². The lowest BCUT2D eigenvalue weighted by molar-refractivity contribution is 0.551. The number of thiazole rings is 1. The molecule has 0 aliphatic heterocycles. The summed E-state index contributed by atoms with van der Waals surface area (Å²) >= 11 is 0.454. The van der Waals surface area contributed by atoms with Gasteiger partial charge in [0.05, 0.1) is 6.20 Å². The van der Waals surface area contributed by atoms with E-state index in [4.69, 9.17) is 0 Å². The molecule has 0 fully saturated rings. The van der Waals surface area contributed by atoms with E-state index in [-0.39, 0.29) is 5.13 Å². The van der Waals surface area contributed by atoms with Gasteiger partial charge in [0.25, 0.3) is 10.0 Å². The molecule has 0 spiro atoms. The molecule has 1 N–H and O–H groups in total. The van der Waals surface area contributed by atoms with E-state index in [0.717, 1.165) is 18.3 Å². The van der Waals surface area contributed by atoms with Gasteiger partial charge in [-0.2, -0.15) is 4.39 Å². The molecule has 2 aromatic rings. The number of halogens is 3. The number of aromatic nitrogens is 1. The number of nitrogens with one attached hydrogen (secondary N) is 1. The molecule has 0 amide bonds. The van der Waals surface area contributed by atoms with E-state index < -0.39 is 31.7 Å². The Bertz CT molecular complexity index is 685. The Morgan fingerprint density at radius 1 is 1.22 bits per heavy atom. The lowest BCUT2D eigenvalue weighted by Gasteiger charge is -2.05. The van der Waals surface area contributed by atoms with E-state index in [0.29, 0.717) is 17.4 Å². The van der Waals surface area contributed by atoms with Crippen molar-refractivity contribution >= 4 is 26.5 Å². The lowest BCUT2D eigenvalue weighted by atomic mass is 10.3. The first-order chi connectivity index (χ1) is 8.38. The Morgan fingerprint density at radius 3 is 2.50 bits per heavy atom. The number of benzene rings is 1. The smallest absolute Gasteiger partial charge is 0.254 e. The van der Waals surface area contributed by atoms with Crippen LogP contribution in [-0.4, -0.2) is 13.4 Å². The van der Waals surface area contributed by atoms with Crippen molar-refractivity contribution in [2.45, 2.75) is 4.90 Å². The third kappa shape index (κ3) is 2.62. The molecule has 1 aromatic carbocycles. The molecular weight excluding hydrogens is 289 g/mol. The minimum absolute atomic E-state index is 0.240. The average molecular weight is 294 g/mol. The van der Waals surface area contributed by atoms with Gasteiger partial charge in [-0.3, -0.25) is 4.72 Å². The molecule has 0 saturated carbocycles. The molecule has 4 nitrogen and oxygen atoms in total. The fraction of sp³-hybridized carbons (Fsp3) is 0. The van der Waals surface area contributed by atoms with E-state index in [1.165, 1.54) is 0 Å². The number of rotatable bonds is 3. The van der Waals surface area contributed by atoms with E-state index >= 15 is 0 Å². The van der Waals surface area contributed by atoms with Gasteiger partial charge in [0.2, 0.25) is 0 Å². The van der Waals surface area contributed by atoms with Crippen LogP contribution >= 0.6 is 11.3 Å². The van der Waals surface area contributed by atoms with Gasteiger partial charge in [-0.1, -0.05) is 11.3 Å². The van der Waals surface area contributed by atoms with Gasteiger partial charge in [0.15, 0.2) is 10.3 Å². The molecule has 0 atom stereocenters. The van der Waals surface area contributed by atoms with Gasteiger partial charge < -0.3 is 0 Å². The van der Waals surface area contributed by atoms with Gasteiger partial charge >= 0.3 is 0 Å². The van der Waals surface area contributed by atoms with Crippen molar-refractivity contribution in [3.8, 4) is 0 Å². The molecule has 0 unspecified atom stereocenters. The first kappa shape index (κ1) is 12.8. The first-order valence-corrected chi connectivity index (χ1v) is 6.77. The quantitative estimate of drug-likeness (QED) is 0.945. The monoisotopic (exact) mass is 294 g/mol. The highest BCUT2D eigenvalue weighted by Crippen LogP contribution is 2.22. The minimum Gasteiger partial charge on any atom is -0.254 e. The second kappa shape index (κ2) is 4.58. The number of hydrogen-bond donors (Lipinski definition) is 1. The van der Waals surface area contributed by atoms with Crippen LogP contribution in [0.3, 0.4) is 0 Å². The van der Waals surface area contributed by atoms with Crippen LogP contribution in [0.1, 0.15) is 0 Å². The topological polar surface area (TPSA) is 59.1 Å². The molecule has 18 heavy (non-hydrogen) atoms. The normalized spacial score (nSPS) is 11.5. The van der Waals surface area contributed by atoms with Gasteiger partial charge in [-0.15, -0.1) is 0 Å². The van der Waals surface area contributed by atoms with Crippen molar-refractivity contribution in [2.24, 2.45) is 0 Å². The SMILES string of the molecule is O=S(=O)(Nc1ncc(F)s1)c1ccc(F)cc1F. The highest BCUT2D eigenvalue weighted by molar-refractivity contribution is 7.93. The summed E-state index contributed by atoms with van der Waals surface area (Å²) in [5.41, 5.74) is 0. The third-order valence-electron chi connectivity index (χ3n) is 1.88. The summed E-state index contributed by atoms with van der Waals surface area (Å²) in [6, 6.07) is 2.02. The highest BCUT2D eigenvalue weighted by atomic mass is 32.2. The fourth-order valence-corrected chi connectivity index (χ4v) is 3.01. The molecule has 0 aliphatic rings. The predicted molar refractivity (Wildman–Crippen MR) is 59.2 cm³/mol. The number of hydrogen-bond acceptors (Lipinski definition) is 4. The molecule has 1 aromatic heterocycles. The average Bonchev–Trinajstić information content (AvgIpc) is 2.62. The zero-order chi connectivity index (χ0) is 13.3. The lowest BCUT2D eigenvalue weighted by Crippen LogP contribution is -2.14.